The van der Waals surface area contributed by atoms with E-state index in [9.17, 15) is 18.0 Å². The molecule has 0 spiro atoms. The summed E-state index contributed by atoms with van der Waals surface area (Å²) in [6, 6.07) is 13.7. The summed E-state index contributed by atoms with van der Waals surface area (Å²) in [5, 5.41) is 11.8. The van der Waals surface area contributed by atoms with Gasteiger partial charge in [-0.1, -0.05) is 12.1 Å². The fraction of sp³-hybridized carbons (Fsp3) is 0.417. The van der Waals surface area contributed by atoms with Gasteiger partial charge in [0.1, 0.15) is 5.75 Å². The summed E-state index contributed by atoms with van der Waals surface area (Å²) in [7, 11) is 1.95. The summed E-state index contributed by atoms with van der Waals surface area (Å²) < 4.78 is 44.4. The highest BCUT2D eigenvalue weighted by Gasteiger charge is 2.33. The van der Waals surface area contributed by atoms with E-state index >= 15 is 0 Å². The number of amides is 1. The predicted octanol–water partition coefficient (Wildman–Crippen LogP) is 4.54. The number of carbonyl (C=O) groups excluding carboxylic acids is 1. The fourth-order valence-electron chi connectivity index (χ4n) is 4.11. The van der Waals surface area contributed by atoms with Crippen molar-refractivity contribution in [1.29, 1.82) is 5.26 Å². The van der Waals surface area contributed by atoms with E-state index in [1.807, 2.05) is 13.1 Å². The number of nitrogens with one attached hydrogen (secondary N) is 1. The molecule has 1 amide bonds. The molecule has 1 heterocycles. The fourth-order valence-corrected chi connectivity index (χ4v) is 4.11. The number of hydrogen-bond acceptors (Lipinski definition) is 4. The molecule has 1 fully saturated rings. The highest BCUT2D eigenvalue weighted by atomic mass is 19.4. The lowest BCUT2D eigenvalue weighted by Crippen LogP contribution is -2.44. The van der Waals surface area contributed by atoms with Crippen LogP contribution in [0, 0.1) is 17.2 Å². The third-order valence-electron chi connectivity index (χ3n) is 5.79. The molecule has 32 heavy (non-hydrogen) atoms. The van der Waals surface area contributed by atoms with Gasteiger partial charge < -0.3 is 10.1 Å². The third-order valence-corrected chi connectivity index (χ3v) is 5.79. The topological polar surface area (TPSA) is 65.4 Å². The van der Waals surface area contributed by atoms with Gasteiger partial charge in [0.2, 0.25) is 0 Å². The normalized spacial score (nSPS) is 20.2. The van der Waals surface area contributed by atoms with Crippen LogP contribution in [0.3, 0.4) is 0 Å². The Kier molecular flexibility index (Phi) is 7.41. The van der Waals surface area contributed by atoms with Crippen molar-refractivity contribution in [2.24, 2.45) is 5.92 Å². The summed E-state index contributed by atoms with van der Waals surface area (Å²) in [5.41, 5.74) is 0.643. The van der Waals surface area contributed by atoms with Crippen molar-refractivity contribution >= 4 is 5.91 Å². The standard InChI is InChI=1S/C24H26F3N3O2/c1-16(32-21-11-5-17(14-28)6-12-21)23(31)29-15-19-4-3-13-30(2)22(19)18-7-9-20(10-8-18)24(25,26)27/h5-12,16,19,22H,3-4,13,15H2,1-2H3,(H,29,31). The second kappa shape index (κ2) is 10.0. The lowest BCUT2D eigenvalue weighted by Gasteiger charge is -2.40. The Morgan fingerprint density at radius 1 is 1.22 bits per heavy atom. The third kappa shape index (κ3) is 5.80. The molecule has 1 aliphatic rings. The number of rotatable bonds is 6. The summed E-state index contributed by atoms with van der Waals surface area (Å²) in [6.07, 6.45) is -3.28. The Balaban J connectivity index is 1.62. The highest BCUT2D eigenvalue weighted by Crippen LogP contribution is 2.36. The van der Waals surface area contributed by atoms with Crippen LogP contribution in [0.4, 0.5) is 13.2 Å². The van der Waals surface area contributed by atoms with E-state index in [1.165, 1.54) is 12.1 Å². The number of hydrogen-bond donors (Lipinski definition) is 1. The van der Waals surface area contributed by atoms with Gasteiger partial charge in [-0.05, 0) is 81.2 Å². The number of benzene rings is 2. The number of nitriles is 1. The van der Waals surface area contributed by atoms with Crippen LogP contribution in [-0.4, -0.2) is 37.0 Å². The van der Waals surface area contributed by atoms with Crippen LogP contribution < -0.4 is 10.1 Å². The van der Waals surface area contributed by atoms with E-state index < -0.39 is 17.8 Å². The van der Waals surface area contributed by atoms with E-state index in [1.54, 1.807) is 31.2 Å². The minimum absolute atomic E-state index is 0.0662. The molecule has 0 saturated carbocycles. The second-order valence-electron chi connectivity index (χ2n) is 8.09. The van der Waals surface area contributed by atoms with Gasteiger partial charge in [0, 0.05) is 12.6 Å². The number of ether oxygens (including phenoxy) is 1. The second-order valence-corrected chi connectivity index (χ2v) is 8.09. The first-order chi connectivity index (χ1) is 15.2. The van der Waals surface area contributed by atoms with Gasteiger partial charge in [-0.15, -0.1) is 0 Å². The van der Waals surface area contributed by atoms with Crippen LogP contribution >= 0.6 is 0 Å². The Labute approximate surface area is 185 Å². The molecule has 0 aromatic heterocycles. The largest absolute Gasteiger partial charge is 0.481 e. The lowest BCUT2D eigenvalue weighted by atomic mass is 9.84. The van der Waals surface area contributed by atoms with E-state index in [0.717, 1.165) is 37.1 Å². The molecule has 0 bridgehead atoms. The smallest absolute Gasteiger partial charge is 0.416 e. The number of likely N-dealkylation sites (tertiary alicyclic amines) is 1. The zero-order valence-corrected chi connectivity index (χ0v) is 18.0. The molecule has 3 atom stereocenters. The van der Waals surface area contributed by atoms with E-state index in [4.69, 9.17) is 10.00 Å². The molecule has 2 aromatic rings. The number of halogens is 3. The van der Waals surface area contributed by atoms with E-state index in [-0.39, 0.29) is 17.9 Å². The zero-order valence-electron chi connectivity index (χ0n) is 18.0. The minimum Gasteiger partial charge on any atom is -0.481 e. The van der Waals surface area contributed by atoms with Gasteiger partial charge in [-0.3, -0.25) is 9.69 Å². The van der Waals surface area contributed by atoms with Crippen molar-refractivity contribution in [3.63, 3.8) is 0 Å². The first kappa shape index (κ1) is 23.6. The molecule has 2 aromatic carbocycles. The summed E-state index contributed by atoms with van der Waals surface area (Å²) >= 11 is 0. The van der Waals surface area contributed by atoms with Gasteiger partial charge in [-0.2, -0.15) is 18.4 Å². The average Bonchev–Trinajstić information content (AvgIpc) is 2.77. The Bertz CT molecular complexity index is 952. The molecular weight excluding hydrogens is 419 g/mol. The molecule has 1 N–H and O–H groups in total. The van der Waals surface area contributed by atoms with Crippen molar-refractivity contribution in [3.8, 4) is 11.8 Å². The number of alkyl halides is 3. The van der Waals surface area contributed by atoms with Gasteiger partial charge in [-0.25, -0.2) is 0 Å². The van der Waals surface area contributed by atoms with Crippen molar-refractivity contribution in [3.05, 3.63) is 65.2 Å². The van der Waals surface area contributed by atoms with Gasteiger partial charge in [0.15, 0.2) is 6.10 Å². The number of piperidine rings is 1. The van der Waals surface area contributed by atoms with Gasteiger partial charge in [0.05, 0.1) is 17.2 Å². The lowest BCUT2D eigenvalue weighted by molar-refractivity contribution is -0.137. The van der Waals surface area contributed by atoms with Crippen molar-refractivity contribution in [1.82, 2.24) is 10.2 Å². The summed E-state index contributed by atoms with van der Waals surface area (Å²) in [5.74, 6) is 0.289. The highest BCUT2D eigenvalue weighted by molar-refractivity contribution is 5.80. The van der Waals surface area contributed by atoms with Crippen LogP contribution in [0.25, 0.3) is 0 Å². The predicted molar refractivity (Wildman–Crippen MR) is 114 cm³/mol. The van der Waals surface area contributed by atoms with Crippen LogP contribution in [0.2, 0.25) is 0 Å². The number of nitrogens with zero attached hydrogens (tertiary/aromatic N) is 2. The first-order valence-corrected chi connectivity index (χ1v) is 10.5. The van der Waals surface area contributed by atoms with Crippen LogP contribution in [0.1, 0.15) is 42.5 Å². The maximum Gasteiger partial charge on any atom is 0.416 e. The van der Waals surface area contributed by atoms with E-state index in [2.05, 4.69) is 10.2 Å². The number of carbonyl (C=O) groups is 1. The SMILES string of the molecule is CC(Oc1ccc(C#N)cc1)C(=O)NCC1CCCN(C)C1c1ccc(C(F)(F)F)cc1. The van der Waals surface area contributed by atoms with Gasteiger partial charge in [0.25, 0.3) is 5.91 Å². The maximum absolute atomic E-state index is 12.9. The first-order valence-electron chi connectivity index (χ1n) is 10.5. The Morgan fingerprint density at radius 3 is 2.47 bits per heavy atom. The molecule has 1 aliphatic heterocycles. The molecular formula is C24H26F3N3O2. The quantitative estimate of drug-likeness (QED) is 0.709. The molecule has 170 valence electrons. The molecule has 0 radical (unpaired) electrons. The summed E-state index contributed by atoms with van der Waals surface area (Å²) in [4.78, 5) is 14.7. The van der Waals surface area contributed by atoms with Crippen molar-refractivity contribution in [2.45, 2.75) is 38.1 Å². The zero-order chi connectivity index (χ0) is 23.3. The molecule has 1 saturated heterocycles. The van der Waals surface area contributed by atoms with E-state index in [0.29, 0.717) is 17.9 Å². The van der Waals surface area contributed by atoms with Crippen molar-refractivity contribution < 1.29 is 22.7 Å². The van der Waals surface area contributed by atoms with Crippen LogP contribution in [-0.2, 0) is 11.0 Å². The average molecular weight is 445 g/mol. The van der Waals surface area contributed by atoms with Crippen LogP contribution in [0.5, 0.6) is 5.75 Å². The molecule has 3 rings (SSSR count). The molecule has 0 aliphatic carbocycles. The molecule has 3 unspecified atom stereocenters. The monoisotopic (exact) mass is 445 g/mol. The summed E-state index contributed by atoms with van der Waals surface area (Å²) in [6.45, 7) is 2.89. The molecule has 5 nitrogen and oxygen atoms in total. The van der Waals surface area contributed by atoms with Crippen LogP contribution in [0.15, 0.2) is 48.5 Å². The minimum atomic E-state index is -4.37. The Morgan fingerprint density at radius 2 is 1.88 bits per heavy atom. The Hall–Kier alpha value is -3.05. The maximum atomic E-state index is 12.9. The van der Waals surface area contributed by atoms with Gasteiger partial charge >= 0.3 is 6.18 Å². The molecule has 8 heteroatoms. The van der Waals surface area contributed by atoms with Crippen molar-refractivity contribution in [2.75, 3.05) is 20.1 Å².